The standard InChI is InChI=1S/C12H14F2N2/c1-9(2)16(6-5-15)8-10-3-4-11(13)12(14)7-10/h3-4,7,9H,6,8H2,1-2H3. The van der Waals surface area contributed by atoms with E-state index >= 15 is 0 Å². The van der Waals surface area contributed by atoms with Crippen LogP contribution in [0.3, 0.4) is 0 Å². The highest BCUT2D eigenvalue weighted by molar-refractivity contribution is 5.17. The Bertz CT molecular complexity index is 396. The van der Waals surface area contributed by atoms with Crippen LogP contribution in [-0.4, -0.2) is 17.5 Å². The molecule has 0 spiro atoms. The van der Waals surface area contributed by atoms with E-state index in [1.54, 1.807) is 0 Å². The first-order valence-corrected chi connectivity index (χ1v) is 5.09. The molecule has 0 unspecified atom stereocenters. The fourth-order valence-electron chi connectivity index (χ4n) is 1.38. The summed E-state index contributed by atoms with van der Waals surface area (Å²) in [6, 6.07) is 6.05. The van der Waals surface area contributed by atoms with Crippen molar-refractivity contribution in [3.8, 4) is 6.07 Å². The average molecular weight is 224 g/mol. The van der Waals surface area contributed by atoms with Crippen molar-refractivity contribution in [2.75, 3.05) is 6.54 Å². The van der Waals surface area contributed by atoms with Gasteiger partial charge in [0.1, 0.15) is 0 Å². The summed E-state index contributed by atoms with van der Waals surface area (Å²) >= 11 is 0. The van der Waals surface area contributed by atoms with Gasteiger partial charge in [0.2, 0.25) is 0 Å². The Labute approximate surface area is 94.1 Å². The number of benzene rings is 1. The molecule has 86 valence electrons. The molecule has 0 aliphatic rings. The Balaban J connectivity index is 2.78. The van der Waals surface area contributed by atoms with Crippen molar-refractivity contribution in [3.05, 3.63) is 35.4 Å². The zero-order valence-electron chi connectivity index (χ0n) is 9.37. The summed E-state index contributed by atoms with van der Waals surface area (Å²) in [4.78, 5) is 1.88. The highest BCUT2D eigenvalue weighted by Gasteiger charge is 2.11. The van der Waals surface area contributed by atoms with Crippen LogP contribution in [0.1, 0.15) is 19.4 Å². The smallest absolute Gasteiger partial charge is 0.159 e. The molecule has 0 saturated heterocycles. The minimum Gasteiger partial charge on any atom is -0.284 e. The largest absolute Gasteiger partial charge is 0.284 e. The van der Waals surface area contributed by atoms with Gasteiger partial charge in [-0.3, -0.25) is 4.90 Å². The van der Waals surface area contributed by atoms with E-state index in [-0.39, 0.29) is 12.6 Å². The van der Waals surface area contributed by atoms with Gasteiger partial charge in [0.05, 0.1) is 12.6 Å². The lowest BCUT2D eigenvalue weighted by Gasteiger charge is -2.23. The minimum absolute atomic E-state index is 0.188. The third-order valence-corrected chi connectivity index (χ3v) is 2.37. The van der Waals surface area contributed by atoms with Crippen LogP contribution in [0.5, 0.6) is 0 Å². The maximum atomic E-state index is 13.0. The van der Waals surface area contributed by atoms with Crippen LogP contribution < -0.4 is 0 Å². The molecule has 0 aliphatic carbocycles. The molecular formula is C12H14F2N2. The van der Waals surface area contributed by atoms with Gasteiger partial charge in [-0.2, -0.15) is 5.26 Å². The van der Waals surface area contributed by atoms with E-state index in [2.05, 4.69) is 6.07 Å². The van der Waals surface area contributed by atoms with Crippen molar-refractivity contribution < 1.29 is 8.78 Å². The van der Waals surface area contributed by atoms with Crippen LogP contribution in [0.2, 0.25) is 0 Å². The fourth-order valence-corrected chi connectivity index (χ4v) is 1.38. The van der Waals surface area contributed by atoms with E-state index in [4.69, 9.17) is 5.26 Å². The summed E-state index contributed by atoms with van der Waals surface area (Å²) in [5.41, 5.74) is 0.669. The first-order chi connectivity index (χ1) is 7.54. The SMILES string of the molecule is CC(C)N(CC#N)Cc1ccc(F)c(F)c1. The molecule has 1 aromatic carbocycles. The third-order valence-electron chi connectivity index (χ3n) is 2.37. The first-order valence-electron chi connectivity index (χ1n) is 5.09. The Morgan fingerprint density at radius 2 is 2.00 bits per heavy atom. The molecule has 2 nitrogen and oxygen atoms in total. The lowest BCUT2D eigenvalue weighted by Crippen LogP contribution is -2.30. The molecule has 0 fully saturated rings. The first kappa shape index (κ1) is 12.6. The van der Waals surface area contributed by atoms with Crippen LogP contribution in [0.4, 0.5) is 8.78 Å². The molecule has 0 radical (unpaired) electrons. The summed E-state index contributed by atoms with van der Waals surface area (Å²) in [5.74, 6) is -1.70. The van der Waals surface area contributed by atoms with Crippen molar-refractivity contribution in [1.29, 1.82) is 5.26 Å². The zero-order valence-corrected chi connectivity index (χ0v) is 9.37. The second-order valence-corrected chi connectivity index (χ2v) is 3.91. The van der Waals surface area contributed by atoms with Gasteiger partial charge in [-0.05, 0) is 31.5 Å². The van der Waals surface area contributed by atoms with E-state index in [1.165, 1.54) is 12.1 Å². The van der Waals surface area contributed by atoms with Gasteiger partial charge < -0.3 is 0 Å². The van der Waals surface area contributed by atoms with Gasteiger partial charge in [-0.1, -0.05) is 6.07 Å². The Hall–Kier alpha value is -1.47. The van der Waals surface area contributed by atoms with E-state index in [1.807, 2.05) is 18.7 Å². The number of nitrogens with zero attached hydrogens (tertiary/aromatic N) is 2. The molecule has 0 amide bonds. The van der Waals surface area contributed by atoms with Crippen LogP contribution in [0.15, 0.2) is 18.2 Å². The predicted octanol–water partition coefficient (Wildman–Crippen LogP) is 2.70. The molecule has 0 aliphatic heterocycles. The van der Waals surface area contributed by atoms with Crippen molar-refractivity contribution >= 4 is 0 Å². The lowest BCUT2D eigenvalue weighted by molar-refractivity contribution is 0.239. The van der Waals surface area contributed by atoms with Crippen molar-refractivity contribution in [2.24, 2.45) is 0 Å². The maximum Gasteiger partial charge on any atom is 0.159 e. The van der Waals surface area contributed by atoms with Gasteiger partial charge in [-0.15, -0.1) is 0 Å². The lowest BCUT2D eigenvalue weighted by atomic mass is 10.2. The van der Waals surface area contributed by atoms with E-state index in [0.29, 0.717) is 12.1 Å². The minimum atomic E-state index is -0.849. The molecule has 0 heterocycles. The fraction of sp³-hybridized carbons (Fsp3) is 0.417. The van der Waals surface area contributed by atoms with Crippen LogP contribution in [-0.2, 0) is 6.54 Å². The van der Waals surface area contributed by atoms with Gasteiger partial charge in [-0.25, -0.2) is 8.78 Å². The quantitative estimate of drug-likeness (QED) is 0.735. The van der Waals surface area contributed by atoms with E-state index in [0.717, 1.165) is 6.07 Å². The summed E-state index contributed by atoms with van der Waals surface area (Å²) < 4.78 is 25.7. The third kappa shape index (κ3) is 3.28. The van der Waals surface area contributed by atoms with Crippen molar-refractivity contribution in [3.63, 3.8) is 0 Å². The highest BCUT2D eigenvalue weighted by atomic mass is 19.2. The van der Waals surface area contributed by atoms with Gasteiger partial charge in [0.25, 0.3) is 0 Å². The van der Waals surface area contributed by atoms with Crippen molar-refractivity contribution in [2.45, 2.75) is 26.4 Å². The summed E-state index contributed by atoms with van der Waals surface area (Å²) in [7, 11) is 0. The molecule has 4 heteroatoms. The van der Waals surface area contributed by atoms with E-state index in [9.17, 15) is 8.78 Å². The van der Waals surface area contributed by atoms with Crippen LogP contribution in [0.25, 0.3) is 0 Å². The number of hydrogen-bond donors (Lipinski definition) is 0. The molecule has 0 N–H and O–H groups in total. The second-order valence-electron chi connectivity index (χ2n) is 3.91. The number of rotatable bonds is 4. The van der Waals surface area contributed by atoms with Gasteiger partial charge in [0, 0.05) is 12.6 Å². The number of nitriles is 1. The Morgan fingerprint density at radius 3 is 2.50 bits per heavy atom. The van der Waals surface area contributed by atoms with Crippen LogP contribution >= 0.6 is 0 Å². The van der Waals surface area contributed by atoms with Gasteiger partial charge >= 0.3 is 0 Å². The molecule has 0 saturated carbocycles. The van der Waals surface area contributed by atoms with Gasteiger partial charge in [0.15, 0.2) is 11.6 Å². The molecule has 1 aromatic rings. The highest BCUT2D eigenvalue weighted by Crippen LogP contribution is 2.12. The topological polar surface area (TPSA) is 27.0 Å². The van der Waals surface area contributed by atoms with Crippen LogP contribution in [0, 0.1) is 23.0 Å². The second kappa shape index (κ2) is 5.57. The normalized spacial score (nSPS) is 10.8. The summed E-state index contributed by atoms with van der Waals surface area (Å²) in [6.45, 7) is 4.63. The zero-order chi connectivity index (χ0) is 12.1. The molecule has 0 aromatic heterocycles. The monoisotopic (exact) mass is 224 g/mol. The maximum absolute atomic E-state index is 13.0. The predicted molar refractivity (Wildman–Crippen MR) is 57.5 cm³/mol. The number of halogens is 2. The van der Waals surface area contributed by atoms with Crippen molar-refractivity contribution in [1.82, 2.24) is 4.90 Å². The number of hydrogen-bond acceptors (Lipinski definition) is 2. The molecule has 0 bridgehead atoms. The summed E-state index contributed by atoms with van der Waals surface area (Å²) in [5, 5.41) is 8.64. The average Bonchev–Trinajstić information content (AvgIpc) is 2.22. The molecule has 0 atom stereocenters. The molecule has 1 rings (SSSR count). The molecular weight excluding hydrogens is 210 g/mol. The molecule has 16 heavy (non-hydrogen) atoms. The van der Waals surface area contributed by atoms with E-state index < -0.39 is 11.6 Å². The Morgan fingerprint density at radius 1 is 1.31 bits per heavy atom. The Kier molecular flexibility index (Phi) is 4.39. The summed E-state index contributed by atoms with van der Waals surface area (Å²) in [6.07, 6.45) is 0.